The van der Waals surface area contributed by atoms with Crippen LogP contribution in [0.4, 0.5) is 10.1 Å². The van der Waals surface area contributed by atoms with Crippen molar-refractivity contribution < 1.29 is 18.7 Å². The summed E-state index contributed by atoms with van der Waals surface area (Å²) in [6.45, 7) is 9.80. The number of rotatable bonds is 9. The van der Waals surface area contributed by atoms with Crippen molar-refractivity contribution in [1.82, 2.24) is 4.90 Å². The number of likely N-dealkylation sites (N-methyl/N-ethyl adjacent to an activating group) is 1. The molecule has 1 fully saturated rings. The number of carbonyl (C=O) groups is 1. The molecule has 2 aromatic carbocycles. The average molecular weight is 471 g/mol. The van der Waals surface area contributed by atoms with Crippen LogP contribution in [0.3, 0.4) is 0 Å². The van der Waals surface area contributed by atoms with Crippen molar-refractivity contribution in [3.63, 3.8) is 0 Å². The summed E-state index contributed by atoms with van der Waals surface area (Å²) in [6.07, 6.45) is 5.06. The lowest BCUT2D eigenvalue weighted by Crippen LogP contribution is -2.22. The smallest absolute Gasteiger partial charge is 0.343 e. The first-order valence-corrected chi connectivity index (χ1v) is 12.2. The van der Waals surface area contributed by atoms with E-state index in [1.807, 2.05) is 24.3 Å². The zero-order valence-electron chi connectivity index (χ0n) is 19.6. The normalized spacial score (nSPS) is 20.8. The van der Waals surface area contributed by atoms with Crippen LogP contribution in [0.25, 0.3) is 6.08 Å². The highest BCUT2D eigenvalue weighted by Gasteiger charge is 2.56. The molecule has 1 aliphatic heterocycles. The van der Waals surface area contributed by atoms with Gasteiger partial charge in [-0.3, -0.25) is 0 Å². The van der Waals surface area contributed by atoms with E-state index in [9.17, 15) is 9.18 Å². The molecule has 0 radical (unpaired) electrons. The Kier molecular flexibility index (Phi) is 7.00. The number of methoxy groups -OCH3 is 1. The molecule has 0 amide bonds. The predicted molar refractivity (Wildman–Crippen MR) is 131 cm³/mol. The van der Waals surface area contributed by atoms with Crippen molar-refractivity contribution in [2.75, 3.05) is 38.1 Å². The van der Waals surface area contributed by atoms with Crippen molar-refractivity contribution in [1.29, 1.82) is 0 Å². The Bertz CT molecular complexity index is 1070. The van der Waals surface area contributed by atoms with E-state index in [4.69, 9.17) is 9.47 Å². The molecular weight excluding hydrogens is 439 g/mol. The fraction of sp³-hybridized carbons (Fsp3) is 0.423. The van der Waals surface area contributed by atoms with Gasteiger partial charge in [0.1, 0.15) is 17.1 Å². The fourth-order valence-corrected chi connectivity index (χ4v) is 5.22. The third-order valence-corrected chi connectivity index (χ3v) is 7.71. The maximum atomic E-state index is 14.0. The van der Waals surface area contributed by atoms with Gasteiger partial charge in [-0.1, -0.05) is 39.0 Å². The number of nitrogens with zero attached hydrogens (tertiary/aromatic N) is 1. The quantitative estimate of drug-likeness (QED) is 0.372. The first-order valence-electron chi connectivity index (χ1n) is 11.4. The second-order valence-corrected chi connectivity index (χ2v) is 9.61. The second-order valence-electron chi connectivity index (χ2n) is 8.76. The molecule has 1 saturated carbocycles. The Balaban J connectivity index is 1.59. The molecule has 1 heterocycles. The molecule has 0 spiro atoms. The summed E-state index contributed by atoms with van der Waals surface area (Å²) in [5, 5.41) is 0. The third-order valence-electron chi connectivity index (χ3n) is 6.80. The van der Waals surface area contributed by atoms with E-state index in [0.29, 0.717) is 29.5 Å². The molecule has 2 atom stereocenters. The van der Waals surface area contributed by atoms with Crippen molar-refractivity contribution in [3.8, 4) is 5.75 Å². The van der Waals surface area contributed by atoms with Crippen LogP contribution in [0.2, 0.25) is 0 Å². The van der Waals surface area contributed by atoms with Crippen LogP contribution < -0.4 is 9.46 Å². The minimum absolute atomic E-state index is 0.0712. The van der Waals surface area contributed by atoms with Crippen molar-refractivity contribution in [2.24, 2.45) is 5.92 Å². The molecule has 2 aliphatic rings. The molecule has 5 nitrogen and oxygen atoms in total. The van der Waals surface area contributed by atoms with Gasteiger partial charge in [0.05, 0.1) is 19.4 Å². The maximum absolute atomic E-state index is 14.0. The Morgan fingerprint density at radius 2 is 2.12 bits per heavy atom. The Hall–Kier alpha value is -2.51. The third kappa shape index (κ3) is 4.75. The van der Waals surface area contributed by atoms with Gasteiger partial charge in [0.2, 0.25) is 0 Å². The molecule has 0 saturated heterocycles. The monoisotopic (exact) mass is 470 g/mol. The van der Waals surface area contributed by atoms with Gasteiger partial charge in [-0.05, 0) is 61.3 Å². The summed E-state index contributed by atoms with van der Waals surface area (Å²) in [7, 11) is 1.38. The first-order chi connectivity index (χ1) is 15.9. The van der Waals surface area contributed by atoms with Gasteiger partial charge >= 0.3 is 5.97 Å². The Morgan fingerprint density at radius 3 is 2.85 bits per heavy atom. The van der Waals surface area contributed by atoms with Crippen LogP contribution in [0.5, 0.6) is 5.75 Å². The van der Waals surface area contributed by atoms with Crippen molar-refractivity contribution in [2.45, 2.75) is 37.5 Å². The SMILES string of the molecule is CCN(CC)C/C=C\c1cc(F)ccc1SNc1ccc2c(c1C(=O)OC)OCC1CC21C. The molecule has 33 heavy (non-hydrogen) atoms. The number of esters is 1. The summed E-state index contributed by atoms with van der Waals surface area (Å²) < 4.78 is 28.3. The second kappa shape index (κ2) is 9.77. The minimum Gasteiger partial charge on any atom is -0.492 e. The van der Waals surface area contributed by atoms with Crippen molar-refractivity contribution in [3.05, 3.63) is 58.9 Å². The highest BCUT2D eigenvalue weighted by molar-refractivity contribution is 8.00. The molecule has 2 aromatic rings. The van der Waals surface area contributed by atoms with E-state index in [2.05, 4.69) is 30.4 Å². The number of carbonyl (C=O) groups excluding carboxylic acids is 1. The molecule has 1 aliphatic carbocycles. The van der Waals surface area contributed by atoms with Gasteiger partial charge in [0.25, 0.3) is 0 Å². The van der Waals surface area contributed by atoms with E-state index in [1.54, 1.807) is 6.07 Å². The molecule has 0 aromatic heterocycles. The van der Waals surface area contributed by atoms with Crippen LogP contribution in [0, 0.1) is 11.7 Å². The summed E-state index contributed by atoms with van der Waals surface area (Å²) in [5.41, 5.74) is 2.95. The topological polar surface area (TPSA) is 50.8 Å². The lowest BCUT2D eigenvalue weighted by molar-refractivity contribution is 0.0595. The number of hydrogen-bond acceptors (Lipinski definition) is 6. The summed E-state index contributed by atoms with van der Waals surface area (Å²) >= 11 is 1.34. The lowest BCUT2D eigenvalue weighted by atomic mass is 9.90. The largest absolute Gasteiger partial charge is 0.492 e. The van der Waals surface area contributed by atoms with Gasteiger partial charge in [-0.25, -0.2) is 9.18 Å². The molecule has 7 heteroatoms. The Labute approximate surface area is 199 Å². The molecular formula is C26H31FN2O3S. The highest BCUT2D eigenvalue weighted by Crippen LogP contribution is 2.60. The van der Waals surface area contributed by atoms with Crippen LogP contribution >= 0.6 is 11.9 Å². The summed E-state index contributed by atoms with van der Waals surface area (Å²) in [6, 6.07) is 8.66. The van der Waals surface area contributed by atoms with Crippen LogP contribution in [0.15, 0.2) is 41.3 Å². The zero-order chi connectivity index (χ0) is 23.6. The molecule has 176 valence electrons. The first kappa shape index (κ1) is 23.6. The highest BCUT2D eigenvalue weighted by atomic mass is 32.2. The number of anilines is 1. The van der Waals surface area contributed by atoms with Gasteiger partial charge in [0.15, 0.2) is 0 Å². The zero-order valence-corrected chi connectivity index (χ0v) is 20.4. The van der Waals surface area contributed by atoms with E-state index in [1.165, 1.54) is 31.2 Å². The van der Waals surface area contributed by atoms with Crippen LogP contribution in [-0.4, -0.2) is 44.2 Å². The maximum Gasteiger partial charge on any atom is 0.343 e. The van der Waals surface area contributed by atoms with Gasteiger partial charge < -0.3 is 19.1 Å². The average Bonchev–Trinajstić information content (AvgIpc) is 3.52. The van der Waals surface area contributed by atoms with E-state index in [-0.39, 0.29) is 11.2 Å². The number of halogens is 1. The number of hydrogen-bond donors (Lipinski definition) is 1. The summed E-state index contributed by atoms with van der Waals surface area (Å²) in [5.74, 6) is 0.401. The predicted octanol–water partition coefficient (Wildman–Crippen LogP) is 5.76. The lowest BCUT2D eigenvalue weighted by Gasteiger charge is -2.26. The molecule has 1 N–H and O–H groups in total. The van der Waals surface area contributed by atoms with Gasteiger partial charge in [-0.15, -0.1) is 0 Å². The van der Waals surface area contributed by atoms with E-state index in [0.717, 1.165) is 42.1 Å². The van der Waals surface area contributed by atoms with Crippen LogP contribution in [-0.2, 0) is 10.2 Å². The number of fused-ring (bicyclic) bond motifs is 3. The van der Waals surface area contributed by atoms with E-state index >= 15 is 0 Å². The number of benzene rings is 2. The molecule has 4 rings (SSSR count). The number of nitrogens with one attached hydrogen (secondary N) is 1. The van der Waals surface area contributed by atoms with Gasteiger partial charge in [-0.2, -0.15) is 0 Å². The van der Waals surface area contributed by atoms with E-state index < -0.39 is 5.97 Å². The fourth-order valence-electron chi connectivity index (χ4n) is 4.44. The van der Waals surface area contributed by atoms with Crippen molar-refractivity contribution >= 4 is 29.7 Å². The summed E-state index contributed by atoms with van der Waals surface area (Å²) in [4.78, 5) is 15.8. The molecule has 0 bridgehead atoms. The van der Waals surface area contributed by atoms with Crippen LogP contribution in [0.1, 0.15) is 48.7 Å². The standard InChI is InChI=1S/C26H31FN2O3S/c1-5-29(6-2)13-7-8-17-14-19(27)9-12-22(17)33-28-21-11-10-20-24(23(21)25(30)31-4)32-16-18-15-26(18,20)3/h7-12,14,18,28H,5-6,13,15-16H2,1-4H3/b8-7-. The number of ether oxygens (including phenoxy) is 2. The Morgan fingerprint density at radius 1 is 1.33 bits per heavy atom. The van der Waals surface area contributed by atoms with Gasteiger partial charge in [0, 0.05) is 28.3 Å². The molecule has 2 unspecified atom stereocenters. The minimum atomic E-state index is -0.434.